The van der Waals surface area contributed by atoms with Gasteiger partial charge in [-0.25, -0.2) is 4.39 Å². The van der Waals surface area contributed by atoms with Crippen molar-refractivity contribution < 1.29 is 18.7 Å². The largest absolute Gasteiger partial charge is 0.380 e. The Morgan fingerprint density at radius 1 is 1.10 bits per heavy atom. The number of carbonyl (C=O) groups excluding carboxylic acids is 2. The van der Waals surface area contributed by atoms with Gasteiger partial charge in [0.2, 0.25) is 5.91 Å². The summed E-state index contributed by atoms with van der Waals surface area (Å²) in [5, 5.41) is 0. The quantitative estimate of drug-likeness (QED) is 0.794. The van der Waals surface area contributed by atoms with Gasteiger partial charge in [0, 0.05) is 49.6 Å². The van der Waals surface area contributed by atoms with E-state index >= 15 is 0 Å². The van der Waals surface area contributed by atoms with E-state index in [0.717, 1.165) is 47.3 Å². The molecule has 0 N–H and O–H groups in total. The minimum atomic E-state index is -0.261. The molecule has 2 aliphatic rings. The topological polar surface area (TPSA) is 51.5 Å². The van der Waals surface area contributed by atoms with E-state index < -0.39 is 0 Å². The third kappa shape index (κ3) is 4.13. The molecule has 1 aliphatic carbocycles. The van der Waals surface area contributed by atoms with Crippen molar-refractivity contribution in [3.05, 3.63) is 58.2 Å². The van der Waals surface area contributed by atoms with E-state index in [0.29, 0.717) is 39.3 Å². The Balaban J connectivity index is 1.66. The molecule has 1 saturated heterocycles. The number of aromatic nitrogens is 1. The summed E-state index contributed by atoms with van der Waals surface area (Å²) in [4.78, 5) is 27.6. The highest BCUT2D eigenvalue weighted by molar-refractivity contribution is 6.01. The second kappa shape index (κ2) is 8.49. The Bertz CT molecular complexity index is 909. The highest BCUT2D eigenvalue weighted by Gasteiger charge is 2.30. The lowest BCUT2D eigenvalue weighted by atomic mass is 9.92. The molecule has 0 radical (unpaired) electrons. The van der Waals surface area contributed by atoms with Crippen LogP contribution in [0.1, 0.15) is 52.1 Å². The number of hydrogen-bond donors (Lipinski definition) is 0. The van der Waals surface area contributed by atoms with Crippen molar-refractivity contribution in [3.63, 3.8) is 0 Å². The Morgan fingerprint density at radius 2 is 1.90 bits per heavy atom. The van der Waals surface area contributed by atoms with Gasteiger partial charge >= 0.3 is 0 Å². The first-order chi connectivity index (χ1) is 14.0. The number of ketones is 1. The van der Waals surface area contributed by atoms with E-state index in [1.165, 1.54) is 12.1 Å². The van der Waals surface area contributed by atoms with E-state index in [1.54, 1.807) is 12.1 Å². The molecule has 2 heterocycles. The highest BCUT2D eigenvalue weighted by atomic mass is 19.1. The molecular formula is C23H27FN2O3. The first-order valence-electron chi connectivity index (χ1n) is 10.4. The number of ether oxygens (including phenoxy) is 1. The number of nitrogens with zero attached hydrogens (tertiary/aromatic N) is 2. The fraction of sp³-hybridized carbons (Fsp3) is 0.478. The van der Waals surface area contributed by atoms with Gasteiger partial charge in [0.15, 0.2) is 5.78 Å². The monoisotopic (exact) mass is 398 g/mol. The summed E-state index contributed by atoms with van der Waals surface area (Å²) in [6, 6.07) is 6.46. The average molecular weight is 398 g/mol. The van der Waals surface area contributed by atoms with Gasteiger partial charge in [-0.05, 0) is 49.4 Å². The van der Waals surface area contributed by atoms with Crippen molar-refractivity contribution in [3.8, 4) is 0 Å². The molecule has 5 nitrogen and oxygen atoms in total. The number of halogens is 1. The van der Waals surface area contributed by atoms with Gasteiger partial charge in [-0.2, -0.15) is 0 Å². The number of hydrogen-bond acceptors (Lipinski definition) is 3. The summed E-state index contributed by atoms with van der Waals surface area (Å²) in [6.45, 7) is 5.11. The fourth-order valence-corrected chi connectivity index (χ4v) is 4.45. The van der Waals surface area contributed by atoms with Crippen LogP contribution in [-0.4, -0.2) is 47.5 Å². The van der Waals surface area contributed by atoms with Gasteiger partial charge in [0.05, 0.1) is 13.0 Å². The lowest BCUT2D eigenvalue weighted by Gasteiger charge is -2.20. The van der Waals surface area contributed by atoms with Crippen LogP contribution in [0.5, 0.6) is 0 Å². The van der Waals surface area contributed by atoms with Gasteiger partial charge in [0.25, 0.3) is 0 Å². The molecular weight excluding hydrogens is 371 g/mol. The normalized spacial score (nSPS) is 17.2. The van der Waals surface area contributed by atoms with Crippen LogP contribution in [0.2, 0.25) is 0 Å². The van der Waals surface area contributed by atoms with Gasteiger partial charge in [-0.3, -0.25) is 9.59 Å². The maximum absolute atomic E-state index is 13.3. The second-order valence-corrected chi connectivity index (χ2v) is 7.90. The number of fused-ring (bicyclic) bond motifs is 1. The molecule has 0 unspecified atom stereocenters. The molecule has 1 amide bonds. The van der Waals surface area contributed by atoms with Crippen molar-refractivity contribution >= 4 is 11.7 Å². The molecule has 1 aromatic heterocycles. The van der Waals surface area contributed by atoms with Crippen LogP contribution in [0.4, 0.5) is 4.39 Å². The zero-order valence-electron chi connectivity index (χ0n) is 16.9. The van der Waals surface area contributed by atoms with E-state index in [1.807, 2.05) is 11.8 Å². The molecule has 6 heteroatoms. The Labute approximate surface area is 170 Å². The van der Waals surface area contributed by atoms with E-state index in [4.69, 9.17) is 4.74 Å². The van der Waals surface area contributed by atoms with Crippen LogP contribution in [0.15, 0.2) is 24.3 Å². The van der Waals surface area contributed by atoms with Gasteiger partial charge in [-0.15, -0.1) is 0 Å². The molecule has 0 saturated carbocycles. The predicted octanol–water partition coefficient (Wildman–Crippen LogP) is 3.29. The average Bonchev–Trinajstić information content (AvgIpc) is 2.89. The van der Waals surface area contributed by atoms with Crippen LogP contribution in [0, 0.1) is 12.7 Å². The van der Waals surface area contributed by atoms with Crippen LogP contribution in [0.25, 0.3) is 0 Å². The molecule has 29 heavy (non-hydrogen) atoms. The van der Waals surface area contributed by atoms with E-state index in [2.05, 4.69) is 4.57 Å². The minimum absolute atomic E-state index is 0.0544. The number of benzene rings is 1. The van der Waals surface area contributed by atoms with Crippen molar-refractivity contribution in [1.82, 2.24) is 9.47 Å². The summed E-state index contributed by atoms with van der Waals surface area (Å²) in [6.07, 6.45) is 3.28. The highest BCUT2D eigenvalue weighted by Crippen LogP contribution is 2.31. The molecule has 2 aromatic rings. The first kappa shape index (κ1) is 19.8. The third-order valence-corrected chi connectivity index (χ3v) is 6.01. The Kier molecular flexibility index (Phi) is 5.81. The lowest BCUT2D eigenvalue weighted by Crippen LogP contribution is -2.34. The maximum atomic E-state index is 13.3. The molecule has 1 fully saturated rings. The smallest absolute Gasteiger partial charge is 0.227 e. The number of rotatable bonds is 4. The van der Waals surface area contributed by atoms with Gasteiger partial charge in [0.1, 0.15) is 5.82 Å². The molecule has 154 valence electrons. The lowest BCUT2D eigenvalue weighted by molar-refractivity contribution is -0.130. The summed E-state index contributed by atoms with van der Waals surface area (Å²) >= 11 is 0. The molecule has 0 spiro atoms. The van der Waals surface area contributed by atoms with Crippen LogP contribution in [-0.2, 0) is 28.9 Å². The van der Waals surface area contributed by atoms with E-state index in [-0.39, 0.29) is 23.9 Å². The first-order valence-corrected chi connectivity index (χ1v) is 10.4. The van der Waals surface area contributed by atoms with E-state index in [9.17, 15) is 14.0 Å². The second-order valence-electron chi connectivity index (χ2n) is 7.90. The zero-order valence-corrected chi connectivity index (χ0v) is 16.9. The fourth-order valence-electron chi connectivity index (χ4n) is 4.45. The molecule has 1 aromatic carbocycles. The molecule has 0 bridgehead atoms. The van der Waals surface area contributed by atoms with Crippen LogP contribution >= 0.6 is 0 Å². The van der Waals surface area contributed by atoms with Gasteiger partial charge in [-0.1, -0.05) is 12.1 Å². The van der Waals surface area contributed by atoms with Crippen molar-refractivity contribution in [2.45, 2.75) is 45.6 Å². The Morgan fingerprint density at radius 3 is 2.69 bits per heavy atom. The van der Waals surface area contributed by atoms with Crippen LogP contribution < -0.4 is 0 Å². The standard InChI is InChI=1S/C23H27FN2O3/c1-16-19(14-22(28)25-10-3-12-29-13-11-25)23-20(4-2-5-21(23)27)26(16)15-17-6-8-18(24)9-7-17/h6-9H,2-5,10-15H2,1H3. The molecule has 0 atom stereocenters. The van der Waals surface area contributed by atoms with Crippen molar-refractivity contribution in [2.75, 3.05) is 26.3 Å². The molecule has 4 rings (SSSR count). The van der Waals surface area contributed by atoms with Gasteiger partial charge < -0.3 is 14.2 Å². The number of Topliss-reactive ketones (excluding diaryl/α,β-unsaturated/α-hetero) is 1. The van der Waals surface area contributed by atoms with Crippen molar-refractivity contribution in [2.24, 2.45) is 0 Å². The third-order valence-electron chi connectivity index (χ3n) is 6.01. The predicted molar refractivity (Wildman–Crippen MR) is 108 cm³/mol. The van der Waals surface area contributed by atoms with Crippen LogP contribution in [0.3, 0.4) is 0 Å². The SMILES string of the molecule is Cc1c(CC(=O)N2CCCOCC2)c2c(n1Cc1ccc(F)cc1)CCCC2=O. The summed E-state index contributed by atoms with van der Waals surface area (Å²) < 4.78 is 20.9. The number of carbonyl (C=O) groups is 2. The minimum Gasteiger partial charge on any atom is -0.380 e. The summed E-state index contributed by atoms with van der Waals surface area (Å²) in [5.41, 5.74) is 4.57. The Hall–Kier alpha value is -2.47. The molecule has 1 aliphatic heterocycles. The maximum Gasteiger partial charge on any atom is 0.227 e. The summed E-state index contributed by atoms with van der Waals surface area (Å²) in [7, 11) is 0. The summed E-state index contributed by atoms with van der Waals surface area (Å²) in [5.74, 6) is -0.0733. The zero-order chi connectivity index (χ0) is 20.4. The van der Waals surface area contributed by atoms with Crippen molar-refractivity contribution in [1.29, 1.82) is 0 Å². The number of amides is 1.